The summed E-state index contributed by atoms with van der Waals surface area (Å²) in [5, 5.41) is 9.50. The minimum Gasteiger partial charge on any atom is -0.453 e. The molecule has 0 aliphatic rings. The molecular weight excluding hydrogens is 260 g/mol. The number of aromatic amines is 1. The van der Waals surface area contributed by atoms with Crippen molar-refractivity contribution in [3.05, 3.63) is 17.0 Å². The zero-order valence-electron chi connectivity index (χ0n) is 12.6. The zero-order chi connectivity index (χ0) is 15.3. The molecule has 1 atom stereocenters. The first-order chi connectivity index (χ1) is 9.36. The molecule has 2 amide bonds. The second kappa shape index (κ2) is 6.93. The van der Waals surface area contributed by atoms with Crippen molar-refractivity contribution in [2.45, 2.75) is 33.2 Å². The molecule has 7 nitrogen and oxygen atoms in total. The van der Waals surface area contributed by atoms with Gasteiger partial charge in [-0.3, -0.25) is 9.89 Å². The lowest BCUT2D eigenvalue weighted by Gasteiger charge is -2.21. The summed E-state index contributed by atoms with van der Waals surface area (Å²) in [5.74, 6) is -0.158. The van der Waals surface area contributed by atoms with Gasteiger partial charge in [0.25, 0.3) is 0 Å². The molecule has 20 heavy (non-hydrogen) atoms. The van der Waals surface area contributed by atoms with Crippen molar-refractivity contribution in [2.24, 2.45) is 0 Å². The standard InChI is InChI=1S/C13H22N4O3/c1-8-11(9(2)16-15-8)6-7-17(4)12(18)10(3)14-13(19)20-5/h10H,6-7H2,1-5H3,(H,14,19)(H,15,16)/t10-/m1/s1. The number of hydrogen-bond donors (Lipinski definition) is 2. The molecule has 1 aromatic rings. The monoisotopic (exact) mass is 282 g/mol. The Morgan fingerprint density at radius 3 is 2.60 bits per heavy atom. The van der Waals surface area contributed by atoms with Crippen LogP contribution in [0.3, 0.4) is 0 Å². The Morgan fingerprint density at radius 2 is 2.10 bits per heavy atom. The molecule has 0 saturated carbocycles. The number of ether oxygens (including phenoxy) is 1. The molecule has 1 aromatic heterocycles. The fourth-order valence-electron chi connectivity index (χ4n) is 1.96. The third kappa shape index (κ3) is 3.97. The number of carbonyl (C=O) groups excluding carboxylic acids is 2. The molecule has 1 heterocycles. The van der Waals surface area contributed by atoms with Gasteiger partial charge in [0.2, 0.25) is 5.91 Å². The van der Waals surface area contributed by atoms with Crippen molar-refractivity contribution >= 4 is 12.0 Å². The third-order valence-corrected chi connectivity index (χ3v) is 3.24. The van der Waals surface area contributed by atoms with E-state index < -0.39 is 12.1 Å². The van der Waals surface area contributed by atoms with Gasteiger partial charge in [0, 0.05) is 19.3 Å². The van der Waals surface area contributed by atoms with Crippen LogP contribution in [0.5, 0.6) is 0 Å². The molecule has 0 aliphatic carbocycles. The van der Waals surface area contributed by atoms with Crippen molar-refractivity contribution in [3.63, 3.8) is 0 Å². The van der Waals surface area contributed by atoms with Gasteiger partial charge in [-0.05, 0) is 32.8 Å². The van der Waals surface area contributed by atoms with Crippen LogP contribution in [0.2, 0.25) is 0 Å². The normalized spacial score (nSPS) is 11.8. The van der Waals surface area contributed by atoms with E-state index in [1.165, 1.54) is 7.11 Å². The van der Waals surface area contributed by atoms with Crippen LogP contribution in [0.1, 0.15) is 23.9 Å². The van der Waals surface area contributed by atoms with Gasteiger partial charge >= 0.3 is 6.09 Å². The van der Waals surface area contributed by atoms with Gasteiger partial charge < -0.3 is 15.0 Å². The molecule has 2 N–H and O–H groups in total. The number of H-pyrrole nitrogens is 1. The summed E-state index contributed by atoms with van der Waals surface area (Å²) < 4.78 is 4.47. The maximum atomic E-state index is 12.1. The molecule has 7 heteroatoms. The number of hydrogen-bond acceptors (Lipinski definition) is 4. The third-order valence-electron chi connectivity index (χ3n) is 3.24. The number of alkyl carbamates (subject to hydrolysis) is 1. The van der Waals surface area contributed by atoms with Crippen LogP contribution in [0, 0.1) is 13.8 Å². The maximum Gasteiger partial charge on any atom is 0.407 e. The zero-order valence-corrected chi connectivity index (χ0v) is 12.6. The number of aryl methyl sites for hydroxylation is 2. The van der Waals surface area contributed by atoms with E-state index in [0.717, 1.165) is 23.4 Å². The van der Waals surface area contributed by atoms with Crippen molar-refractivity contribution in [1.82, 2.24) is 20.4 Å². The van der Waals surface area contributed by atoms with E-state index in [1.807, 2.05) is 13.8 Å². The average molecular weight is 282 g/mol. The fourth-order valence-corrected chi connectivity index (χ4v) is 1.96. The smallest absolute Gasteiger partial charge is 0.407 e. The first kappa shape index (κ1) is 16.0. The minimum atomic E-state index is -0.612. The molecule has 0 saturated heterocycles. The maximum absolute atomic E-state index is 12.1. The average Bonchev–Trinajstić information content (AvgIpc) is 2.74. The Balaban J connectivity index is 2.52. The van der Waals surface area contributed by atoms with E-state index in [-0.39, 0.29) is 5.91 Å². The van der Waals surface area contributed by atoms with Crippen molar-refractivity contribution in [2.75, 3.05) is 20.7 Å². The van der Waals surface area contributed by atoms with Crippen molar-refractivity contribution in [1.29, 1.82) is 0 Å². The summed E-state index contributed by atoms with van der Waals surface area (Å²) in [5.41, 5.74) is 3.09. The number of nitrogens with one attached hydrogen (secondary N) is 2. The number of carbonyl (C=O) groups is 2. The first-order valence-electron chi connectivity index (χ1n) is 6.46. The van der Waals surface area contributed by atoms with Crippen LogP contribution in [0.25, 0.3) is 0 Å². The second-order valence-electron chi connectivity index (χ2n) is 4.78. The van der Waals surface area contributed by atoms with Gasteiger partial charge in [0.05, 0.1) is 12.8 Å². The summed E-state index contributed by atoms with van der Waals surface area (Å²) in [7, 11) is 2.98. The Hall–Kier alpha value is -2.05. The lowest BCUT2D eigenvalue weighted by molar-refractivity contribution is -0.131. The Morgan fingerprint density at radius 1 is 1.45 bits per heavy atom. The topological polar surface area (TPSA) is 87.3 Å². The highest BCUT2D eigenvalue weighted by Crippen LogP contribution is 2.10. The van der Waals surface area contributed by atoms with Crippen LogP contribution < -0.4 is 5.32 Å². The fraction of sp³-hybridized carbons (Fsp3) is 0.615. The molecular formula is C13H22N4O3. The molecule has 0 fully saturated rings. The van der Waals surface area contributed by atoms with Gasteiger partial charge in [-0.15, -0.1) is 0 Å². The highest BCUT2D eigenvalue weighted by molar-refractivity contribution is 5.85. The lowest BCUT2D eigenvalue weighted by Crippen LogP contribution is -2.46. The Kier molecular flexibility index (Phi) is 5.54. The van der Waals surface area contributed by atoms with Crippen LogP contribution in [-0.2, 0) is 16.0 Å². The molecule has 0 bridgehead atoms. The predicted octanol–water partition coefficient (Wildman–Crippen LogP) is 0.772. The van der Waals surface area contributed by atoms with E-state index in [1.54, 1.807) is 18.9 Å². The van der Waals surface area contributed by atoms with E-state index in [0.29, 0.717) is 6.54 Å². The van der Waals surface area contributed by atoms with Crippen LogP contribution in [0.15, 0.2) is 0 Å². The Bertz CT molecular complexity index is 464. The first-order valence-corrected chi connectivity index (χ1v) is 6.46. The quantitative estimate of drug-likeness (QED) is 0.835. The summed E-state index contributed by atoms with van der Waals surface area (Å²) in [6, 6.07) is -0.612. The molecule has 112 valence electrons. The minimum absolute atomic E-state index is 0.158. The number of nitrogens with zero attached hydrogens (tertiary/aromatic N) is 2. The molecule has 0 radical (unpaired) electrons. The number of methoxy groups -OCH3 is 1. The number of likely N-dealkylation sites (N-methyl/N-ethyl adjacent to an activating group) is 1. The molecule has 1 rings (SSSR count). The summed E-state index contributed by atoms with van der Waals surface area (Å²) >= 11 is 0. The van der Waals surface area contributed by atoms with Crippen molar-refractivity contribution < 1.29 is 14.3 Å². The number of rotatable bonds is 5. The van der Waals surface area contributed by atoms with Gasteiger partial charge in [0.15, 0.2) is 0 Å². The van der Waals surface area contributed by atoms with Gasteiger partial charge in [-0.25, -0.2) is 4.79 Å². The molecule has 0 aliphatic heterocycles. The molecule has 0 unspecified atom stereocenters. The number of amides is 2. The highest BCUT2D eigenvalue weighted by atomic mass is 16.5. The van der Waals surface area contributed by atoms with Crippen LogP contribution in [0.4, 0.5) is 4.79 Å². The molecule has 0 spiro atoms. The van der Waals surface area contributed by atoms with E-state index in [9.17, 15) is 9.59 Å². The predicted molar refractivity (Wildman–Crippen MR) is 74.4 cm³/mol. The van der Waals surface area contributed by atoms with Crippen LogP contribution >= 0.6 is 0 Å². The lowest BCUT2D eigenvalue weighted by atomic mass is 10.1. The van der Waals surface area contributed by atoms with E-state index in [2.05, 4.69) is 20.3 Å². The summed E-state index contributed by atoms with van der Waals surface area (Å²) in [6.45, 7) is 6.08. The Labute approximate surface area is 118 Å². The highest BCUT2D eigenvalue weighted by Gasteiger charge is 2.20. The summed E-state index contributed by atoms with van der Waals surface area (Å²) in [4.78, 5) is 24.7. The molecule has 0 aromatic carbocycles. The van der Waals surface area contributed by atoms with Crippen LogP contribution in [-0.4, -0.2) is 53.8 Å². The SMILES string of the molecule is COC(=O)N[C@H](C)C(=O)N(C)CCc1c(C)n[nH]c1C. The largest absolute Gasteiger partial charge is 0.453 e. The van der Waals surface area contributed by atoms with Gasteiger partial charge in [-0.2, -0.15) is 5.10 Å². The van der Waals surface area contributed by atoms with E-state index in [4.69, 9.17) is 0 Å². The van der Waals surface area contributed by atoms with Gasteiger partial charge in [-0.1, -0.05) is 0 Å². The van der Waals surface area contributed by atoms with Crippen molar-refractivity contribution in [3.8, 4) is 0 Å². The second-order valence-corrected chi connectivity index (χ2v) is 4.78. The van der Waals surface area contributed by atoms with Gasteiger partial charge in [0.1, 0.15) is 6.04 Å². The number of aromatic nitrogens is 2. The van der Waals surface area contributed by atoms with E-state index >= 15 is 0 Å². The summed E-state index contributed by atoms with van der Waals surface area (Å²) in [6.07, 6.45) is 0.113.